The fourth-order valence-electron chi connectivity index (χ4n) is 3.41. The molecule has 0 radical (unpaired) electrons. The average Bonchev–Trinajstić information content (AvgIpc) is 3.07. The number of rotatable bonds is 4. The van der Waals surface area contributed by atoms with E-state index in [0.717, 1.165) is 19.0 Å². The third-order valence-corrected chi connectivity index (χ3v) is 5.82. The van der Waals surface area contributed by atoms with Gasteiger partial charge in [-0.15, -0.1) is 0 Å². The number of piperazine rings is 1. The predicted octanol–water partition coefficient (Wildman–Crippen LogP) is 1.52. The van der Waals surface area contributed by atoms with Crippen molar-refractivity contribution in [3.05, 3.63) is 0 Å². The quantitative estimate of drug-likeness (QED) is 0.855. The van der Waals surface area contributed by atoms with E-state index < -0.39 is 9.84 Å². The van der Waals surface area contributed by atoms with Gasteiger partial charge in [0, 0.05) is 37.5 Å². The summed E-state index contributed by atoms with van der Waals surface area (Å²) in [7, 11) is -2.90. The first kappa shape index (κ1) is 16.2. The number of hydrogen-bond acceptors (Lipinski definition) is 4. The van der Waals surface area contributed by atoms with E-state index in [2.05, 4.69) is 37.9 Å². The summed E-state index contributed by atoms with van der Waals surface area (Å²) >= 11 is 0. The Morgan fingerprint density at radius 2 is 1.90 bits per heavy atom. The van der Waals surface area contributed by atoms with Crippen LogP contribution in [0.25, 0.3) is 0 Å². The molecule has 2 atom stereocenters. The van der Waals surface area contributed by atoms with Gasteiger partial charge in [0.1, 0.15) is 9.84 Å². The van der Waals surface area contributed by atoms with E-state index in [1.807, 2.05) is 0 Å². The molecule has 1 N–H and O–H groups in total. The summed E-state index contributed by atoms with van der Waals surface area (Å²) in [4.78, 5) is 2.41. The zero-order valence-electron chi connectivity index (χ0n) is 13.6. The highest BCUT2D eigenvalue weighted by Gasteiger charge is 2.47. The number of sulfone groups is 1. The largest absolute Gasteiger partial charge is 0.308 e. The standard InChI is InChI=1S/C15H30N2O2S/c1-14(2,3)13-10-16-15(4,12-6-7-12)11-17(13)8-9-20(5,18)19/h12-13,16H,6-11H2,1-5H3. The Labute approximate surface area is 124 Å². The van der Waals surface area contributed by atoms with E-state index >= 15 is 0 Å². The monoisotopic (exact) mass is 302 g/mol. The molecule has 0 bridgehead atoms. The van der Waals surface area contributed by atoms with Crippen molar-refractivity contribution in [3.8, 4) is 0 Å². The molecule has 118 valence electrons. The molecule has 2 rings (SSSR count). The summed E-state index contributed by atoms with van der Waals surface area (Å²) in [6.45, 7) is 11.6. The zero-order chi connectivity index (χ0) is 15.2. The SMILES string of the molecule is CC(C)(C)C1CNC(C)(C2CC2)CN1CCS(C)(=O)=O. The maximum Gasteiger partial charge on any atom is 0.148 e. The molecule has 20 heavy (non-hydrogen) atoms. The van der Waals surface area contributed by atoms with Crippen LogP contribution in [0, 0.1) is 11.3 Å². The van der Waals surface area contributed by atoms with Gasteiger partial charge in [-0.25, -0.2) is 8.42 Å². The van der Waals surface area contributed by atoms with Crippen molar-refractivity contribution < 1.29 is 8.42 Å². The van der Waals surface area contributed by atoms with Gasteiger partial charge in [-0.2, -0.15) is 0 Å². The van der Waals surface area contributed by atoms with Gasteiger partial charge in [0.15, 0.2) is 0 Å². The molecule has 2 fully saturated rings. The number of hydrogen-bond donors (Lipinski definition) is 1. The third kappa shape index (κ3) is 3.95. The highest BCUT2D eigenvalue weighted by atomic mass is 32.2. The molecule has 2 aliphatic rings. The van der Waals surface area contributed by atoms with Crippen molar-refractivity contribution in [1.82, 2.24) is 10.2 Å². The Morgan fingerprint density at radius 1 is 1.30 bits per heavy atom. The van der Waals surface area contributed by atoms with Gasteiger partial charge in [-0.05, 0) is 31.1 Å². The van der Waals surface area contributed by atoms with Gasteiger partial charge in [-0.3, -0.25) is 4.90 Å². The van der Waals surface area contributed by atoms with Crippen LogP contribution in [0.5, 0.6) is 0 Å². The van der Waals surface area contributed by atoms with E-state index in [4.69, 9.17) is 0 Å². The van der Waals surface area contributed by atoms with Crippen molar-refractivity contribution in [2.75, 3.05) is 31.6 Å². The van der Waals surface area contributed by atoms with Crippen LogP contribution in [0.2, 0.25) is 0 Å². The molecular formula is C15H30N2O2S. The lowest BCUT2D eigenvalue weighted by atomic mass is 9.81. The van der Waals surface area contributed by atoms with Crippen molar-refractivity contribution in [2.24, 2.45) is 11.3 Å². The van der Waals surface area contributed by atoms with Crippen LogP contribution in [-0.2, 0) is 9.84 Å². The first-order valence-corrected chi connectivity index (χ1v) is 9.74. The highest BCUT2D eigenvalue weighted by molar-refractivity contribution is 7.90. The molecule has 5 heteroatoms. The van der Waals surface area contributed by atoms with Gasteiger partial charge in [0.25, 0.3) is 0 Å². The summed E-state index contributed by atoms with van der Waals surface area (Å²) in [5.41, 5.74) is 0.328. The Morgan fingerprint density at radius 3 is 2.35 bits per heavy atom. The van der Waals surface area contributed by atoms with E-state index in [-0.39, 0.29) is 16.7 Å². The summed E-state index contributed by atoms with van der Waals surface area (Å²) in [5, 5.41) is 3.75. The van der Waals surface area contributed by atoms with Gasteiger partial charge in [0.05, 0.1) is 5.75 Å². The molecule has 0 spiro atoms. The molecular weight excluding hydrogens is 272 g/mol. The lowest BCUT2D eigenvalue weighted by Gasteiger charge is -2.51. The van der Waals surface area contributed by atoms with Crippen molar-refractivity contribution in [3.63, 3.8) is 0 Å². The molecule has 2 unspecified atom stereocenters. The van der Waals surface area contributed by atoms with Crippen LogP contribution in [0.4, 0.5) is 0 Å². The fourth-order valence-corrected chi connectivity index (χ4v) is 3.98. The minimum absolute atomic E-state index is 0.162. The van der Waals surface area contributed by atoms with E-state index in [0.29, 0.717) is 12.6 Å². The summed E-state index contributed by atoms with van der Waals surface area (Å²) in [6, 6.07) is 0.399. The van der Waals surface area contributed by atoms with Gasteiger partial charge in [0.2, 0.25) is 0 Å². The molecule has 0 amide bonds. The number of nitrogens with one attached hydrogen (secondary N) is 1. The van der Waals surface area contributed by atoms with Crippen LogP contribution in [0.1, 0.15) is 40.5 Å². The smallest absolute Gasteiger partial charge is 0.148 e. The first-order valence-electron chi connectivity index (χ1n) is 7.68. The maximum atomic E-state index is 11.5. The second-order valence-electron chi connectivity index (χ2n) is 8.05. The molecule has 0 aromatic rings. The first-order chi connectivity index (χ1) is 9.01. The normalized spacial score (nSPS) is 33.4. The van der Waals surface area contributed by atoms with Gasteiger partial charge < -0.3 is 5.32 Å². The molecule has 1 saturated carbocycles. The zero-order valence-corrected chi connectivity index (χ0v) is 14.4. The average molecular weight is 302 g/mol. The minimum atomic E-state index is -2.90. The predicted molar refractivity (Wildman–Crippen MR) is 83.7 cm³/mol. The molecule has 0 aromatic heterocycles. The maximum absolute atomic E-state index is 11.5. The highest BCUT2D eigenvalue weighted by Crippen LogP contribution is 2.42. The Balaban J connectivity index is 2.10. The summed E-state index contributed by atoms with van der Waals surface area (Å²) in [5.74, 6) is 1.03. The Bertz CT molecular complexity index is 451. The second-order valence-corrected chi connectivity index (χ2v) is 10.3. The lowest BCUT2D eigenvalue weighted by molar-refractivity contribution is 0.0248. The minimum Gasteiger partial charge on any atom is -0.308 e. The molecule has 4 nitrogen and oxygen atoms in total. The third-order valence-electron chi connectivity index (χ3n) is 4.90. The van der Waals surface area contributed by atoms with Crippen LogP contribution in [0.15, 0.2) is 0 Å². The van der Waals surface area contributed by atoms with Gasteiger partial charge in [-0.1, -0.05) is 20.8 Å². The summed E-state index contributed by atoms with van der Waals surface area (Å²) < 4.78 is 23.0. The molecule has 0 aromatic carbocycles. The molecule has 1 saturated heterocycles. The van der Waals surface area contributed by atoms with Crippen LogP contribution < -0.4 is 5.32 Å². The second kappa shape index (κ2) is 5.25. The lowest BCUT2D eigenvalue weighted by Crippen LogP contribution is -2.67. The van der Waals surface area contributed by atoms with Crippen molar-refractivity contribution >= 4 is 9.84 Å². The Kier molecular flexibility index (Phi) is 4.27. The van der Waals surface area contributed by atoms with E-state index in [1.165, 1.54) is 19.1 Å². The van der Waals surface area contributed by atoms with Crippen LogP contribution in [0.3, 0.4) is 0 Å². The van der Waals surface area contributed by atoms with E-state index in [1.54, 1.807) is 0 Å². The Hall–Kier alpha value is -0.130. The van der Waals surface area contributed by atoms with Crippen molar-refractivity contribution in [2.45, 2.75) is 52.1 Å². The van der Waals surface area contributed by atoms with Crippen molar-refractivity contribution in [1.29, 1.82) is 0 Å². The summed E-state index contributed by atoms with van der Waals surface area (Å²) in [6.07, 6.45) is 3.95. The topological polar surface area (TPSA) is 49.4 Å². The molecule has 1 aliphatic heterocycles. The molecule has 1 aliphatic carbocycles. The number of nitrogens with zero attached hydrogens (tertiary/aromatic N) is 1. The van der Waals surface area contributed by atoms with Gasteiger partial charge >= 0.3 is 0 Å². The van der Waals surface area contributed by atoms with Crippen LogP contribution >= 0.6 is 0 Å². The fraction of sp³-hybridized carbons (Fsp3) is 1.00. The van der Waals surface area contributed by atoms with Crippen LogP contribution in [-0.4, -0.2) is 56.5 Å². The van der Waals surface area contributed by atoms with E-state index in [9.17, 15) is 8.42 Å². The molecule has 1 heterocycles.